The lowest BCUT2D eigenvalue weighted by atomic mass is 10.1. The van der Waals surface area contributed by atoms with Crippen LogP contribution in [0, 0.1) is 6.92 Å². The molecule has 1 aromatic carbocycles. The molecule has 0 bridgehead atoms. The predicted molar refractivity (Wildman–Crippen MR) is 66.7 cm³/mol. The van der Waals surface area contributed by atoms with Crippen LogP contribution in [0.4, 0.5) is 0 Å². The number of aryl methyl sites for hydroxylation is 1. The van der Waals surface area contributed by atoms with Gasteiger partial charge in [0.15, 0.2) is 0 Å². The van der Waals surface area contributed by atoms with Gasteiger partial charge in [-0.3, -0.25) is 0 Å². The van der Waals surface area contributed by atoms with E-state index in [0.717, 1.165) is 21.7 Å². The quantitative estimate of drug-likeness (QED) is 0.858. The number of phenolic OH excluding ortho intramolecular Hbond substituents is 1. The highest BCUT2D eigenvalue weighted by Crippen LogP contribution is 2.31. The van der Waals surface area contributed by atoms with Crippen molar-refractivity contribution in [3.8, 4) is 16.2 Å². The van der Waals surface area contributed by atoms with Crippen molar-refractivity contribution in [1.29, 1.82) is 0 Å². The second-order valence-electron chi connectivity index (χ2n) is 3.64. The third-order valence-electron chi connectivity index (χ3n) is 2.46. The van der Waals surface area contributed by atoms with Crippen LogP contribution in [0.3, 0.4) is 0 Å². The number of benzene rings is 1. The molecule has 2 rings (SSSR count). The van der Waals surface area contributed by atoms with Crippen LogP contribution in [0.15, 0.2) is 23.7 Å². The van der Waals surface area contributed by atoms with Gasteiger partial charge in [0.2, 0.25) is 0 Å². The summed E-state index contributed by atoms with van der Waals surface area (Å²) in [6, 6.07) is 5.76. The Morgan fingerprint density at radius 2 is 2.25 bits per heavy atom. The third kappa shape index (κ3) is 2.08. The van der Waals surface area contributed by atoms with Crippen LogP contribution < -0.4 is 5.32 Å². The lowest BCUT2D eigenvalue weighted by molar-refractivity contribution is 0.466. The monoisotopic (exact) mass is 234 g/mol. The van der Waals surface area contributed by atoms with Gasteiger partial charge >= 0.3 is 0 Å². The lowest BCUT2D eigenvalue weighted by Gasteiger charge is -2.06. The van der Waals surface area contributed by atoms with E-state index in [-0.39, 0.29) is 0 Å². The Kier molecular flexibility index (Phi) is 3.22. The smallest absolute Gasteiger partial charge is 0.120 e. The zero-order valence-corrected chi connectivity index (χ0v) is 10.1. The molecule has 0 fully saturated rings. The standard InChI is InChI=1S/C12H14N2OS/c1-8-12(16-7-14-8)9-3-4-10(6-13-2)11(15)5-9/h3-5,7,13,15H,6H2,1-2H3. The fraction of sp³-hybridized carbons (Fsp3) is 0.250. The Labute approximate surface area is 98.8 Å². The van der Waals surface area contributed by atoms with Gasteiger partial charge in [-0.2, -0.15) is 0 Å². The van der Waals surface area contributed by atoms with Crippen LogP contribution in [0.2, 0.25) is 0 Å². The molecular formula is C12H14N2OS. The third-order valence-corrected chi connectivity index (χ3v) is 3.44. The molecular weight excluding hydrogens is 220 g/mol. The number of hydrogen-bond acceptors (Lipinski definition) is 4. The first kappa shape index (κ1) is 11.1. The molecule has 0 atom stereocenters. The molecule has 3 nitrogen and oxygen atoms in total. The molecule has 4 heteroatoms. The minimum Gasteiger partial charge on any atom is -0.508 e. The van der Waals surface area contributed by atoms with Crippen molar-refractivity contribution >= 4 is 11.3 Å². The number of nitrogens with zero attached hydrogens (tertiary/aromatic N) is 1. The summed E-state index contributed by atoms with van der Waals surface area (Å²) in [4.78, 5) is 5.32. The largest absolute Gasteiger partial charge is 0.508 e. The number of nitrogens with one attached hydrogen (secondary N) is 1. The summed E-state index contributed by atoms with van der Waals surface area (Å²) in [6.07, 6.45) is 0. The van der Waals surface area contributed by atoms with Crippen molar-refractivity contribution in [2.45, 2.75) is 13.5 Å². The minimum absolute atomic E-state index is 0.333. The van der Waals surface area contributed by atoms with E-state index in [1.165, 1.54) is 0 Å². The fourth-order valence-corrected chi connectivity index (χ4v) is 2.43. The van der Waals surface area contributed by atoms with Crippen LogP contribution in [-0.4, -0.2) is 17.1 Å². The van der Waals surface area contributed by atoms with Crippen molar-refractivity contribution < 1.29 is 5.11 Å². The highest BCUT2D eigenvalue weighted by Gasteiger charge is 2.07. The SMILES string of the molecule is CNCc1ccc(-c2scnc2C)cc1O. The van der Waals surface area contributed by atoms with Gasteiger partial charge in [0.25, 0.3) is 0 Å². The van der Waals surface area contributed by atoms with E-state index >= 15 is 0 Å². The maximum Gasteiger partial charge on any atom is 0.120 e. The molecule has 0 aliphatic rings. The minimum atomic E-state index is 0.333. The molecule has 16 heavy (non-hydrogen) atoms. The first-order chi connectivity index (χ1) is 7.72. The highest BCUT2D eigenvalue weighted by atomic mass is 32.1. The normalized spacial score (nSPS) is 10.6. The molecule has 2 aromatic rings. The molecule has 0 unspecified atom stereocenters. The molecule has 0 radical (unpaired) electrons. The Bertz CT molecular complexity index is 494. The molecule has 0 amide bonds. The average Bonchev–Trinajstić information content (AvgIpc) is 2.68. The number of hydrogen-bond donors (Lipinski definition) is 2. The summed E-state index contributed by atoms with van der Waals surface area (Å²) in [5.74, 6) is 0.333. The van der Waals surface area contributed by atoms with Gasteiger partial charge < -0.3 is 10.4 Å². The highest BCUT2D eigenvalue weighted by molar-refractivity contribution is 7.13. The van der Waals surface area contributed by atoms with Crippen molar-refractivity contribution in [3.05, 3.63) is 35.0 Å². The van der Waals surface area contributed by atoms with E-state index in [2.05, 4.69) is 10.3 Å². The van der Waals surface area contributed by atoms with Gasteiger partial charge in [-0.15, -0.1) is 11.3 Å². The molecule has 1 heterocycles. The molecule has 0 saturated carbocycles. The maximum atomic E-state index is 9.86. The van der Waals surface area contributed by atoms with E-state index in [1.807, 2.05) is 31.6 Å². The number of thiazole rings is 1. The zero-order chi connectivity index (χ0) is 11.5. The van der Waals surface area contributed by atoms with Gasteiger partial charge in [0.05, 0.1) is 16.1 Å². The second-order valence-corrected chi connectivity index (χ2v) is 4.50. The second kappa shape index (κ2) is 4.63. The molecule has 0 saturated heterocycles. The molecule has 0 aliphatic heterocycles. The summed E-state index contributed by atoms with van der Waals surface area (Å²) in [6.45, 7) is 2.65. The van der Waals surface area contributed by atoms with Crippen molar-refractivity contribution in [3.63, 3.8) is 0 Å². The van der Waals surface area contributed by atoms with Gasteiger partial charge in [-0.1, -0.05) is 12.1 Å². The molecule has 84 valence electrons. The molecule has 1 aromatic heterocycles. The van der Waals surface area contributed by atoms with E-state index in [9.17, 15) is 5.11 Å². The van der Waals surface area contributed by atoms with Crippen molar-refractivity contribution in [2.75, 3.05) is 7.05 Å². The number of aromatic hydroxyl groups is 1. The molecule has 2 N–H and O–H groups in total. The first-order valence-electron chi connectivity index (χ1n) is 5.09. The van der Waals surface area contributed by atoms with E-state index in [1.54, 1.807) is 17.4 Å². The Morgan fingerprint density at radius 1 is 1.44 bits per heavy atom. The summed E-state index contributed by atoms with van der Waals surface area (Å²) in [7, 11) is 1.86. The first-order valence-corrected chi connectivity index (χ1v) is 5.97. The van der Waals surface area contributed by atoms with Crippen molar-refractivity contribution in [2.24, 2.45) is 0 Å². The summed E-state index contributed by atoms with van der Waals surface area (Å²) in [5, 5.41) is 12.9. The van der Waals surface area contributed by atoms with Crippen LogP contribution in [0.1, 0.15) is 11.3 Å². The lowest BCUT2D eigenvalue weighted by Crippen LogP contribution is -2.04. The topological polar surface area (TPSA) is 45.2 Å². The van der Waals surface area contributed by atoms with Crippen LogP contribution in [0.5, 0.6) is 5.75 Å². The van der Waals surface area contributed by atoms with Crippen LogP contribution in [-0.2, 0) is 6.54 Å². The van der Waals surface area contributed by atoms with Crippen molar-refractivity contribution in [1.82, 2.24) is 10.3 Å². The number of rotatable bonds is 3. The van der Waals surface area contributed by atoms with E-state index < -0.39 is 0 Å². The summed E-state index contributed by atoms with van der Waals surface area (Å²) in [5.41, 5.74) is 4.76. The maximum absolute atomic E-state index is 9.86. The van der Waals surface area contributed by atoms with Gasteiger partial charge in [0.1, 0.15) is 5.75 Å². The van der Waals surface area contributed by atoms with E-state index in [0.29, 0.717) is 12.3 Å². The molecule has 0 spiro atoms. The Morgan fingerprint density at radius 3 is 2.81 bits per heavy atom. The van der Waals surface area contributed by atoms with E-state index in [4.69, 9.17) is 0 Å². The average molecular weight is 234 g/mol. The summed E-state index contributed by atoms with van der Waals surface area (Å²) >= 11 is 1.59. The van der Waals surface area contributed by atoms with Crippen LogP contribution in [0.25, 0.3) is 10.4 Å². The Balaban J connectivity index is 2.38. The van der Waals surface area contributed by atoms with Crippen LogP contribution >= 0.6 is 11.3 Å². The summed E-state index contributed by atoms with van der Waals surface area (Å²) < 4.78 is 0. The number of phenols is 1. The van der Waals surface area contributed by atoms with Gasteiger partial charge in [-0.05, 0) is 25.6 Å². The van der Waals surface area contributed by atoms with Gasteiger partial charge in [-0.25, -0.2) is 4.98 Å². The van der Waals surface area contributed by atoms with Gasteiger partial charge in [0, 0.05) is 12.1 Å². The Hall–Kier alpha value is -1.39. The number of aromatic nitrogens is 1. The molecule has 0 aliphatic carbocycles. The zero-order valence-electron chi connectivity index (χ0n) is 9.32. The predicted octanol–water partition coefficient (Wildman–Crippen LogP) is 2.54. The fourth-order valence-electron chi connectivity index (χ4n) is 1.62.